The molecule has 0 unspecified atom stereocenters. The van der Waals surface area contributed by atoms with Gasteiger partial charge in [-0.1, -0.05) is 49.4 Å². The first kappa shape index (κ1) is 35.7. The molecule has 0 heterocycles. The summed E-state index contributed by atoms with van der Waals surface area (Å²) in [5.74, 6) is 0.936. The summed E-state index contributed by atoms with van der Waals surface area (Å²) in [7, 11) is 0. The molecule has 7 aromatic carbocycles. The fraction of sp³-hybridized carbons (Fsp3) is 0.156. The fourth-order valence-corrected chi connectivity index (χ4v) is 6.11. The average Bonchev–Trinajstić information content (AvgIpc) is 3.18. The number of azo groups is 3. The molecule has 0 aliphatic carbocycles. The number of hydrogen-bond donors (Lipinski definition) is 2. The van der Waals surface area contributed by atoms with Gasteiger partial charge in [0.15, 0.2) is 5.75 Å². The molecule has 0 bridgehead atoms. The number of benzene rings is 7. The molecule has 7 aromatic rings. The normalized spacial score (nSPS) is 11.8. The molecule has 0 radical (unpaired) electrons. The Morgan fingerprint density at radius 3 is 1.72 bits per heavy atom. The van der Waals surface area contributed by atoms with Crippen molar-refractivity contribution >= 4 is 67.0 Å². The monoisotopic (exact) mass is 711 g/mol. The first-order valence-electron chi connectivity index (χ1n) is 18.0. The predicted octanol–water partition coefficient (Wildman–Crippen LogP) is 14.7. The van der Waals surface area contributed by atoms with Crippen molar-refractivity contribution < 1.29 is 9.84 Å². The highest BCUT2D eigenvalue weighted by Crippen LogP contribution is 2.39. The lowest BCUT2D eigenvalue weighted by Crippen LogP contribution is -1.95. The third-order valence-corrected chi connectivity index (χ3v) is 9.15. The Hall–Kier alpha value is -6.74. The van der Waals surface area contributed by atoms with E-state index in [0.717, 1.165) is 84.7 Å². The van der Waals surface area contributed by atoms with Crippen LogP contribution < -0.4 is 10.1 Å². The molecule has 9 heteroatoms. The van der Waals surface area contributed by atoms with Crippen molar-refractivity contribution in [3.05, 3.63) is 144 Å². The van der Waals surface area contributed by atoms with Gasteiger partial charge in [0.25, 0.3) is 0 Å². The molecular formula is C45H41N7O2. The van der Waals surface area contributed by atoms with Crippen LogP contribution in [0.25, 0.3) is 21.5 Å². The second kappa shape index (κ2) is 15.9. The number of hydrogen-bond acceptors (Lipinski definition) is 9. The molecule has 7 rings (SSSR count). The maximum absolute atomic E-state index is 11.0. The van der Waals surface area contributed by atoms with Crippen LogP contribution in [0.2, 0.25) is 0 Å². The number of anilines is 2. The highest BCUT2D eigenvalue weighted by atomic mass is 16.5. The van der Waals surface area contributed by atoms with Crippen LogP contribution in [0.5, 0.6) is 11.5 Å². The quantitative estimate of drug-likeness (QED) is 0.130. The second-order valence-electron chi connectivity index (χ2n) is 13.3. The molecule has 0 amide bonds. The van der Waals surface area contributed by atoms with Crippen LogP contribution in [-0.4, -0.2) is 11.7 Å². The first-order chi connectivity index (χ1) is 26.2. The van der Waals surface area contributed by atoms with Crippen LogP contribution in [0.4, 0.5) is 45.5 Å². The maximum Gasteiger partial charge on any atom is 0.150 e. The van der Waals surface area contributed by atoms with Crippen LogP contribution in [0.3, 0.4) is 0 Å². The van der Waals surface area contributed by atoms with Gasteiger partial charge in [-0.05, 0) is 146 Å². The number of nitrogens with zero attached hydrogens (tertiary/aromatic N) is 6. The molecule has 0 saturated heterocycles. The van der Waals surface area contributed by atoms with E-state index in [4.69, 9.17) is 4.74 Å². The van der Waals surface area contributed by atoms with Gasteiger partial charge in [0.05, 0.1) is 35.0 Å². The average molecular weight is 712 g/mol. The van der Waals surface area contributed by atoms with E-state index >= 15 is 0 Å². The number of phenols is 1. The van der Waals surface area contributed by atoms with Crippen molar-refractivity contribution in [1.29, 1.82) is 0 Å². The molecular weight excluding hydrogens is 671 g/mol. The van der Waals surface area contributed by atoms with Gasteiger partial charge in [0.1, 0.15) is 11.4 Å². The minimum absolute atomic E-state index is 0.0839. The number of aromatic hydroxyl groups is 1. The summed E-state index contributed by atoms with van der Waals surface area (Å²) in [6, 6.07) is 39.4. The van der Waals surface area contributed by atoms with Crippen molar-refractivity contribution in [2.24, 2.45) is 30.7 Å². The van der Waals surface area contributed by atoms with Gasteiger partial charge < -0.3 is 15.2 Å². The Balaban J connectivity index is 1.05. The number of nitrogens with one attached hydrogen (secondary N) is 1. The summed E-state index contributed by atoms with van der Waals surface area (Å²) in [5.41, 5.74) is 9.68. The van der Waals surface area contributed by atoms with Crippen LogP contribution in [0.15, 0.2) is 152 Å². The largest absolute Gasteiger partial charge is 0.505 e. The molecule has 54 heavy (non-hydrogen) atoms. The van der Waals surface area contributed by atoms with Crippen LogP contribution in [0, 0.1) is 27.7 Å². The molecule has 0 fully saturated rings. The summed E-state index contributed by atoms with van der Waals surface area (Å²) in [6.07, 6.45) is 0.943. The Labute approximate surface area is 314 Å². The van der Waals surface area contributed by atoms with Crippen molar-refractivity contribution in [3.8, 4) is 11.5 Å². The van der Waals surface area contributed by atoms with Gasteiger partial charge in [-0.25, -0.2) is 0 Å². The zero-order valence-corrected chi connectivity index (χ0v) is 31.0. The third kappa shape index (κ3) is 8.00. The number of fused-ring (bicyclic) bond motifs is 2. The summed E-state index contributed by atoms with van der Waals surface area (Å²) >= 11 is 0. The van der Waals surface area contributed by atoms with E-state index in [9.17, 15) is 5.11 Å². The van der Waals surface area contributed by atoms with E-state index in [1.807, 2.05) is 137 Å². The standard InChI is InChI=1S/C45H41N7O2/c1-6-21-54-44-14-10-11-32-15-17-36(27-38(32)44)47-49-40-22-29(3)42(23-28(40)2)51-52-43-25-30(4)41(24-31(43)5)50-48-39-20-16-33-26-35(18-19-37(33)45(39)53)46-34-12-8-7-9-13-34/h7-20,22-27,46,53H,6,21H2,1-5H3. The molecule has 0 atom stereocenters. The molecule has 0 spiro atoms. The topological polar surface area (TPSA) is 116 Å². The maximum atomic E-state index is 11.0. The van der Waals surface area contributed by atoms with E-state index in [2.05, 4.69) is 49.0 Å². The number of para-hydroxylation sites is 1. The van der Waals surface area contributed by atoms with Crippen molar-refractivity contribution in [1.82, 2.24) is 0 Å². The lowest BCUT2D eigenvalue weighted by Gasteiger charge is -2.09. The SMILES string of the molecule is CCCOc1cccc2ccc(N=Nc3cc(C)c(N=Nc4cc(C)c(N=Nc5ccc6cc(Nc7ccccc7)ccc6c5O)cc4C)cc3C)cc12. The lowest BCUT2D eigenvalue weighted by atomic mass is 10.1. The van der Waals surface area contributed by atoms with E-state index < -0.39 is 0 Å². The summed E-state index contributed by atoms with van der Waals surface area (Å²) in [5, 5.41) is 45.4. The van der Waals surface area contributed by atoms with Gasteiger partial charge in [0, 0.05) is 22.1 Å². The number of aryl methyl sites for hydroxylation is 4. The summed E-state index contributed by atoms with van der Waals surface area (Å²) in [4.78, 5) is 0. The molecule has 268 valence electrons. The van der Waals surface area contributed by atoms with E-state index in [-0.39, 0.29) is 5.75 Å². The zero-order valence-electron chi connectivity index (χ0n) is 31.0. The molecule has 0 aliphatic rings. The highest BCUT2D eigenvalue weighted by molar-refractivity contribution is 5.95. The van der Waals surface area contributed by atoms with E-state index in [1.165, 1.54) is 0 Å². The Bertz CT molecular complexity index is 2580. The minimum atomic E-state index is 0.0839. The smallest absolute Gasteiger partial charge is 0.150 e. The van der Waals surface area contributed by atoms with Crippen molar-refractivity contribution in [2.75, 3.05) is 11.9 Å². The summed E-state index contributed by atoms with van der Waals surface area (Å²) < 4.78 is 5.96. The molecule has 9 nitrogen and oxygen atoms in total. The van der Waals surface area contributed by atoms with Gasteiger partial charge in [-0.15, -0.1) is 5.11 Å². The van der Waals surface area contributed by atoms with Gasteiger partial charge >= 0.3 is 0 Å². The van der Waals surface area contributed by atoms with Gasteiger partial charge in [0.2, 0.25) is 0 Å². The van der Waals surface area contributed by atoms with E-state index in [1.54, 1.807) is 6.07 Å². The minimum Gasteiger partial charge on any atom is -0.505 e. The second-order valence-corrected chi connectivity index (χ2v) is 13.3. The predicted molar refractivity (Wildman–Crippen MR) is 219 cm³/mol. The Kier molecular flexibility index (Phi) is 10.5. The number of phenolic OH excluding ortho intramolecular Hbond substituents is 1. The van der Waals surface area contributed by atoms with Crippen molar-refractivity contribution in [2.45, 2.75) is 41.0 Å². The van der Waals surface area contributed by atoms with Crippen LogP contribution >= 0.6 is 0 Å². The van der Waals surface area contributed by atoms with Crippen LogP contribution in [-0.2, 0) is 0 Å². The molecule has 0 aliphatic heterocycles. The third-order valence-electron chi connectivity index (χ3n) is 9.15. The fourth-order valence-electron chi connectivity index (χ4n) is 6.11. The summed E-state index contributed by atoms with van der Waals surface area (Å²) in [6.45, 7) is 10.7. The first-order valence-corrected chi connectivity index (χ1v) is 18.0. The molecule has 0 saturated carbocycles. The zero-order chi connectivity index (χ0) is 37.6. The molecule has 0 aromatic heterocycles. The Morgan fingerprint density at radius 1 is 0.500 bits per heavy atom. The number of ether oxygens (including phenoxy) is 1. The van der Waals surface area contributed by atoms with Gasteiger partial charge in [-0.2, -0.15) is 25.6 Å². The van der Waals surface area contributed by atoms with Crippen molar-refractivity contribution in [3.63, 3.8) is 0 Å². The van der Waals surface area contributed by atoms with E-state index in [0.29, 0.717) is 23.4 Å². The lowest BCUT2D eigenvalue weighted by molar-refractivity contribution is 0.321. The van der Waals surface area contributed by atoms with Gasteiger partial charge in [-0.3, -0.25) is 0 Å². The molecule has 2 N–H and O–H groups in total. The highest BCUT2D eigenvalue weighted by Gasteiger charge is 2.10. The van der Waals surface area contributed by atoms with Crippen LogP contribution in [0.1, 0.15) is 35.6 Å². The Morgan fingerprint density at radius 2 is 1.09 bits per heavy atom. The number of rotatable bonds is 11.